The molecule has 2 aliphatic heterocycles. The van der Waals surface area contributed by atoms with Gasteiger partial charge in [-0.1, -0.05) is 0 Å². The Labute approximate surface area is 104 Å². The molecule has 2 heterocycles. The van der Waals surface area contributed by atoms with Crippen molar-refractivity contribution in [3.05, 3.63) is 0 Å². The van der Waals surface area contributed by atoms with Gasteiger partial charge in [0, 0.05) is 19.1 Å². The predicted molar refractivity (Wildman–Crippen MR) is 67.1 cm³/mol. The molecule has 0 aromatic heterocycles. The van der Waals surface area contributed by atoms with Gasteiger partial charge < -0.3 is 10.0 Å². The highest BCUT2D eigenvalue weighted by Crippen LogP contribution is 2.24. The molecule has 0 aromatic carbocycles. The van der Waals surface area contributed by atoms with Gasteiger partial charge in [0.05, 0.1) is 5.41 Å². The quantitative estimate of drug-likeness (QED) is 0.803. The van der Waals surface area contributed by atoms with Gasteiger partial charge in [0.15, 0.2) is 0 Å². The number of nitrogens with zero attached hydrogens (tertiary/aromatic N) is 2. The Morgan fingerprint density at radius 2 is 1.94 bits per heavy atom. The number of hydrogen-bond acceptors (Lipinski definition) is 3. The molecule has 2 aliphatic rings. The second-order valence-electron chi connectivity index (χ2n) is 6.11. The summed E-state index contributed by atoms with van der Waals surface area (Å²) in [5, 5.41) is 9.14. The van der Waals surface area contributed by atoms with Crippen molar-refractivity contribution in [2.75, 3.05) is 32.7 Å². The third-order valence-corrected chi connectivity index (χ3v) is 4.10. The minimum Gasteiger partial charge on any atom is -0.481 e. The highest BCUT2D eigenvalue weighted by molar-refractivity contribution is 5.73. The lowest BCUT2D eigenvalue weighted by Gasteiger charge is -2.28. The molecule has 2 saturated heterocycles. The van der Waals surface area contributed by atoms with Crippen LogP contribution in [0.4, 0.5) is 0 Å². The Morgan fingerprint density at radius 1 is 1.29 bits per heavy atom. The van der Waals surface area contributed by atoms with Gasteiger partial charge in [0.2, 0.25) is 0 Å². The van der Waals surface area contributed by atoms with Gasteiger partial charge in [-0.2, -0.15) is 0 Å². The van der Waals surface area contributed by atoms with E-state index in [1.165, 1.54) is 32.4 Å². The maximum absolute atomic E-state index is 11.1. The highest BCUT2D eigenvalue weighted by atomic mass is 16.4. The number of rotatable bonds is 4. The standard InChI is InChI=1S/C13H24N2O2/c1-13(2,12(16)17)10-14-8-5-11(9-14)15-6-3-4-7-15/h11H,3-10H2,1-2H3,(H,16,17). The van der Waals surface area contributed by atoms with Crippen molar-refractivity contribution in [2.24, 2.45) is 5.41 Å². The summed E-state index contributed by atoms with van der Waals surface area (Å²) in [5.41, 5.74) is -0.625. The normalized spacial score (nSPS) is 27.8. The molecule has 0 amide bonds. The first-order valence-corrected chi connectivity index (χ1v) is 6.69. The Balaban J connectivity index is 1.83. The Bertz CT molecular complexity index is 285. The molecule has 0 bridgehead atoms. The molecule has 4 heteroatoms. The van der Waals surface area contributed by atoms with Crippen LogP contribution in [0.2, 0.25) is 0 Å². The molecule has 1 unspecified atom stereocenters. The average Bonchev–Trinajstić information content (AvgIpc) is 2.85. The molecule has 98 valence electrons. The zero-order chi connectivity index (χ0) is 12.5. The van der Waals surface area contributed by atoms with Crippen LogP contribution in [-0.4, -0.2) is 59.6 Å². The van der Waals surface area contributed by atoms with Gasteiger partial charge in [-0.25, -0.2) is 0 Å². The topological polar surface area (TPSA) is 43.8 Å². The fourth-order valence-corrected chi connectivity index (χ4v) is 2.99. The molecular weight excluding hydrogens is 216 g/mol. The number of likely N-dealkylation sites (tertiary alicyclic amines) is 2. The molecular formula is C13H24N2O2. The summed E-state index contributed by atoms with van der Waals surface area (Å²) in [6.45, 7) is 8.89. The first-order chi connectivity index (χ1) is 7.99. The van der Waals surface area contributed by atoms with E-state index in [0.29, 0.717) is 12.6 Å². The van der Waals surface area contributed by atoms with Crippen LogP contribution in [0.25, 0.3) is 0 Å². The largest absolute Gasteiger partial charge is 0.481 e. The Hall–Kier alpha value is -0.610. The SMILES string of the molecule is CC(C)(CN1CCC(N2CCCC2)C1)C(=O)O. The highest BCUT2D eigenvalue weighted by Gasteiger charge is 2.35. The summed E-state index contributed by atoms with van der Waals surface area (Å²) in [6, 6.07) is 0.669. The molecule has 0 radical (unpaired) electrons. The number of carboxylic acids is 1. The zero-order valence-electron chi connectivity index (χ0n) is 11.0. The second kappa shape index (κ2) is 4.94. The first kappa shape index (κ1) is 12.8. The van der Waals surface area contributed by atoms with Gasteiger partial charge in [-0.05, 0) is 52.7 Å². The van der Waals surface area contributed by atoms with Crippen LogP contribution in [0, 0.1) is 5.41 Å². The maximum atomic E-state index is 11.1. The van der Waals surface area contributed by atoms with Gasteiger partial charge in [0.25, 0.3) is 0 Å². The number of hydrogen-bond donors (Lipinski definition) is 1. The van der Waals surface area contributed by atoms with Gasteiger partial charge >= 0.3 is 5.97 Å². The van der Waals surface area contributed by atoms with E-state index in [-0.39, 0.29) is 0 Å². The van der Waals surface area contributed by atoms with Crippen LogP contribution in [0.1, 0.15) is 33.1 Å². The molecule has 4 nitrogen and oxygen atoms in total. The predicted octanol–water partition coefficient (Wildman–Crippen LogP) is 1.27. The molecule has 0 spiro atoms. The van der Waals surface area contributed by atoms with Crippen LogP contribution in [0.15, 0.2) is 0 Å². The van der Waals surface area contributed by atoms with Crippen LogP contribution in [0.3, 0.4) is 0 Å². The van der Waals surface area contributed by atoms with Crippen molar-refractivity contribution in [1.82, 2.24) is 9.80 Å². The van der Waals surface area contributed by atoms with Gasteiger partial charge in [-0.3, -0.25) is 9.69 Å². The summed E-state index contributed by atoms with van der Waals surface area (Å²) in [6.07, 6.45) is 3.87. The lowest BCUT2D eigenvalue weighted by molar-refractivity contribution is -0.147. The van der Waals surface area contributed by atoms with Crippen molar-refractivity contribution >= 4 is 5.97 Å². The van der Waals surface area contributed by atoms with Crippen molar-refractivity contribution < 1.29 is 9.90 Å². The van der Waals surface area contributed by atoms with E-state index >= 15 is 0 Å². The summed E-state index contributed by atoms with van der Waals surface area (Å²) >= 11 is 0. The minimum atomic E-state index is -0.692. The molecule has 0 aromatic rings. The smallest absolute Gasteiger partial charge is 0.310 e. The van der Waals surface area contributed by atoms with Crippen LogP contribution in [-0.2, 0) is 4.79 Å². The molecule has 2 fully saturated rings. The Morgan fingerprint density at radius 3 is 2.53 bits per heavy atom. The van der Waals surface area contributed by atoms with E-state index in [9.17, 15) is 4.79 Å². The van der Waals surface area contributed by atoms with E-state index in [0.717, 1.165) is 13.1 Å². The lowest BCUT2D eigenvalue weighted by Crippen LogP contribution is -2.40. The fourth-order valence-electron chi connectivity index (χ4n) is 2.99. The Kier molecular flexibility index (Phi) is 3.73. The zero-order valence-corrected chi connectivity index (χ0v) is 11.0. The third-order valence-electron chi connectivity index (χ3n) is 4.10. The maximum Gasteiger partial charge on any atom is 0.310 e. The molecule has 2 rings (SSSR count). The van der Waals surface area contributed by atoms with Crippen LogP contribution < -0.4 is 0 Å². The van der Waals surface area contributed by atoms with E-state index in [4.69, 9.17) is 5.11 Å². The third kappa shape index (κ3) is 2.99. The summed E-state index contributed by atoms with van der Waals surface area (Å²) in [5.74, 6) is -0.692. The molecule has 1 N–H and O–H groups in total. The molecule has 17 heavy (non-hydrogen) atoms. The van der Waals surface area contributed by atoms with E-state index in [2.05, 4.69) is 9.80 Å². The van der Waals surface area contributed by atoms with Crippen molar-refractivity contribution in [3.63, 3.8) is 0 Å². The minimum absolute atomic E-state index is 0.625. The van der Waals surface area contributed by atoms with Crippen LogP contribution >= 0.6 is 0 Å². The van der Waals surface area contributed by atoms with Crippen molar-refractivity contribution in [2.45, 2.75) is 39.2 Å². The number of aliphatic carboxylic acids is 1. The average molecular weight is 240 g/mol. The first-order valence-electron chi connectivity index (χ1n) is 6.69. The van der Waals surface area contributed by atoms with Crippen molar-refractivity contribution in [3.8, 4) is 0 Å². The lowest BCUT2D eigenvalue weighted by atomic mass is 9.93. The van der Waals surface area contributed by atoms with E-state index in [1.807, 2.05) is 13.8 Å². The van der Waals surface area contributed by atoms with Gasteiger partial charge in [-0.15, -0.1) is 0 Å². The monoisotopic (exact) mass is 240 g/mol. The van der Waals surface area contributed by atoms with Crippen LogP contribution in [0.5, 0.6) is 0 Å². The molecule has 0 saturated carbocycles. The summed E-state index contributed by atoms with van der Waals surface area (Å²) in [7, 11) is 0. The number of carboxylic acid groups (broad SMARTS) is 1. The van der Waals surface area contributed by atoms with E-state index in [1.54, 1.807) is 0 Å². The molecule has 1 atom stereocenters. The van der Waals surface area contributed by atoms with Gasteiger partial charge in [0.1, 0.15) is 0 Å². The van der Waals surface area contributed by atoms with Crippen molar-refractivity contribution in [1.29, 1.82) is 0 Å². The molecule has 0 aliphatic carbocycles. The summed E-state index contributed by atoms with van der Waals surface area (Å²) < 4.78 is 0. The number of carbonyl (C=O) groups is 1. The second-order valence-corrected chi connectivity index (χ2v) is 6.11. The van der Waals surface area contributed by atoms with E-state index < -0.39 is 11.4 Å². The fraction of sp³-hybridized carbons (Fsp3) is 0.923. The summed E-state index contributed by atoms with van der Waals surface area (Å²) in [4.78, 5) is 16.0.